The molecule has 2 rings (SSSR count). The molecule has 0 saturated heterocycles. The van der Waals surface area contributed by atoms with Crippen LogP contribution in [0.4, 0.5) is 10.8 Å². The number of thiazole rings is 1. The second-order valence-corrected chi connectivity index (χ2v) is 5.63. The van der Waals surface area contributed by atoms with Gasteiger partial charge in [-0.25, -0.2) is 4.98 Å². The molecule has 1 aromatic carbocycles. The lowest BCUT2D eigenvalue weighted by Gasteiger charge is -2.21. The largest absolute Gasteiger partial charge is 0.318 e. The lowest BCUT2D eigenvalue weighted by Crippen LogP contribution is -2.18. The third-order valence-corrected chi connectivity index (χ3v) is 4.24. The average molecular weight is 288 g/mol. The molecule has 0 atom stereocenters. The van der Waals surface area contributed by atoms with Crippen molar-refractivity contribution in [3.63, 3.8) is 0 Å². The summed E-state index contributed by atoms with van der Waals surface area (Å²) < 4.78 is 0. The number of hydrogen-bond acceptors (Lipinski definition) is 4. The van der Waals surface area contributed by atoms with Gasteiger partial charge in [-0.2, -0.15) is 0 Å². The van der Waals surface area contributed by atoms with Gasteiger partial charge in [0, 0.05) is 12.2 Å². The van der Waals surface area contributed by atoms with E-state index < -0.39 is 0 Å². The van der Waals surface area contributed by atoms with Crippen molar-refractivity contribution < 1.29 is 4.79 Å². The van der Waals surface area contributed by atoms with Crippen LogP contribution >= 0.6 is 11.3 Å². The van der Waals surface area contributed by atoms with E-state index >= 15 is 0 Å². The number of hydrogen-bond donors (Lipinski definition) is 0. The number of para-hydroxylation sites is 1. The quantitative estimate of drug-likeness (QED) is 0.705. The van der Waals surface area contributed by atoms with Gasteiger partial charge in [-0.15, -0.1) is 0 Å². The summed E-state index contributed by atoms with van der Waals surface area (Å²) in [5.41, 5.74) is 2.03. The number of nitrogens with zero attached hydrogens (tertiary/aromatic N) is 2. The van der Waals surface area contributed by atoms with Crippen molar-refractivity contribution in [2.75, 3.05) is 11.4 Å². The Morgan fingerprint density at radius 1 is 1.25 bits per heavy atom. The van der Waals surface area contributed by atoms with E-state index in [1.165, 1.54) is 11.3 Å². The van der Waals surface area contributed by atoms with Crippen LogP contribution in [-0.2, 0) is 6.42 Å². The molecule has 106 valence electrons. The SMILES string of the molecule is CCCCN(c1ccccc1)c1nc(CC)c(C=O)s1. The zero-order valence-corrected chi connectivity index (χ0v) is 12.8. The van der Waals surface area contributed by atoms with Crippen molar-refractivity contribution in [1.29, 1.82) is 0 Å². The Morgan fingerprint density at radius 3 is 2.55 bits per heavy atom. The first-order chi connectivity index (χ1) is 9.80. The number of anilines is 2. The third-order valence-electron chi connectivity index (χ3n) is 3.19. The van der Waals surface area contributed by atoms with Crippen LogP contribution in [0.25, 0.3) is 0 Å². The maximum atomic E-state index is 11.1. The summed E-state index contributed by atoms with van der Waals surface area (Å²) in [6.07, 6.45) is 3.95. The molecule has 1 heterocycles. The Morgan fingerprint density at radius 2 is 2.00 bits per heavy atom. The summed E-state index contributed by atoms with van der Waals surface area (Å²) in [6.45, 7) is 5.14. The smallest absolute Gasteiger partial charge is 0.190 e. The van der Waals surface area contributed by atoms with Crippen LogP contribution < -0.4 is 4.90 Å². The Balaban J connectivity index is 2.35. The molecule has 0 bridgehead atoms. The standard InChI is InChI=1S/C16H20N2OS/c1-3-5-11-18(13-9-7-6-8-10-13)16-17-14(4-2)15(12-19)20-16/h6-10,12H,3-5,11H2,1-2H3. The zero-order valence-electron chi connectivity index (χ0n) is 12.0. The lowest BCUT2D eigenvalue weighted by atomic mass is 10.2. The Bertz CT molecular complexity index is 551. The summed E-state index contributed by atoms with van der Waals surface area (Å²) >= 11 is 1.48. The Hall–Kier alpha value is -1.68. The molecule has 1 aromatic heterocycles. The Labute approximate surface area is 124 Å². The van der Waals surface area contributed by atoms with E-state index in [4.69, 9.17) is 0 Å². The van der Waals surface area contributed by atoms with E-state index in [0.29, 0.717) is 0 Å². The van der Waals surface area contributed by atoms with Crippen molar-refractivity contribution >= 4 is 28.4 Å². The number of carbonyl (C=O) groups is 1. The highest BCUT2D eigenvalue weighted by Crippen LogP contribution is 2.31. The minimum atomic E-state index is 0.750. The molecule has 2 aromatic rings. The van der Waals surface area contributed by atoms with E-state index in [2.05, 4.69) is 28.9 Å². The highest BCUT2D eigenvalue weighted by molar-refractivity contribution is 7.17. The topological polar surface area (TPSA) is 33.2 Å². The highest BCUT2D eigenvalue weighted by Gasteiger charge is 2.16. The molecule has 0 unspecified atom stereocenters. The number of rotatable bonds is 7. The Kier molecular flexibility index (Phi) is 5.30. The molecule has 20 heavy (non-hydrogen) atoms. The van der Waals surface area contributed by atoms with Crippen molar-refractivity contribution in [2.45, 2.75) is 33.1 Å². The van der Waals surface area contributed by atoms with Crippen molar-refractivity contribution in [3.8, 4) is 0 Å². The van der Waals surface area contributed by atoms with Crippen LogP contribution in [0, 0.1) is 0 Å². The summed E-state index contributed by atoms with van der Waals surface area (Å²) in [5.74, 6) is 0. The van der Waals surface area contributed by atoms with Gasteiger partial charge in [0.25, 0.3) is 0 Å². The van der Waals surface area contributed by atoms with E-state index in [1.807, 2.05) is 25.1 Å². The molecule has 4 heteroatoms. The van der Waals surface area contributed by atoms with Gasteiger partial charge in [0.05, 0.1) is 10.6 Å². The number of unbranched alkanes of at least 4 members (excludes halogenated alkanes) is 1. The van der Waals surface area contributed by atoms with Gasteiger partial charge < -0.3 is 4.90 Å². The van der Waals surface area contributed by atoms with E-state index in [1.54, 1.807) is 0 Å². The van der Waals surface area contributed by atoms with Gasteiger partial charge in [-0.3, -0.25) is 4.79 Å². The van der Waals surface area contributed by atoms with Gasteiger partial charge in [-0.1, -0.05) is 49.8 Å². The molecule has 0 aliphatic heterocycles. The lowest BCUT2D eigenvalue weighted by molar-refractivity contribution is 0.112. The maximum Gasteiger partial charge on any atom is 0.190 e. The molecule has 0 radical (unpaired) electrons. The number of aromatic nitrogens is 1. The van der Waals surface area contributed by atoms with Crippen molar-refractivity contribution in [2.24, 2.45) is 0 Å². The summed E-state index contributed by atoms with van der Waals surface area (Å²) in [5, 5.41) is 0.920. The predicted octanol–water partition coefficient (Wildman–Crippen LogP) is 4.46. The van der Waals surface area contributed by atoms with Crippen molar-refractivity contribution in [1.82, 2.24) is 4.98 Å². The fourth-order valence-electron chi connectivity index (χ4n) is 2.07. The predicted molar refractivity (Wildman–Crippen MR) is 85.2 cm³/mol. The van der Waals surface area contributed by atoms with E-state index in [9.17, 15) is 4.79 Å². The molecule has 0 aliphatic rings. The molecule has 0 fully saturated rings. The van der Waals surface area contributed by atoms with Crippen LogP contribution in [0.15, 0.2) is 30.3 Å². The summed E-state index contributed by atoms with van der Waals surface area (Å²) in [4.78, 5) is 18.7. The van der Waals surface area contributed by atoms with Gasteiger partial charge in [0.2, 0.25) is 0 Å². The molecule has 0 aliphatic carbocycles. The number of benzene rings is 1. The van der Waals surface area contributed by atoms with Gasteiger partial charge in [0.15, 0.2) is 11.4 Å². The van der Waals surface area contributed by atoms with E-state index in [-0.39, 0.29) is 0 Å². The highest BCUT2D eigenvalue weighted by atomic mass is 32.1. The molecule has 0 N–H and O–H groups in total. The average Bonchev–Trinajstić information content (AvgIpc) is 2.92. The van der Waals surface area contributed by atoms with Gasteiger partial charge in [-0.05, 0) is 25.0 Å². The van der Waals surface area contributed by atoms with Crippen LogP contribution in [0.1, 0.15) is 42.1 Å². The second kappa shape index (κ2) is 7.20. The number of carbonyl (C=O) groups excluding carboxylic acids is 1. The normalized spacial score (nSPS) is 10.5. The molecule has 3 nitrogen and oxygen atoms in total. The first kappa shape index (κ1) is 14.7. The van der Waals surface area contributed by atoms with Crippen molar-refractivity contribution in [3.05, 3.63) is 40.9 Å². The molecule has 0 amide bonds. The van der Waals surface area contributed by atoms with Gasteiger partial charge >= 0.3 is 0 Å². The molecular weight excluding hydrogens is 268 g/mol. The number of aldehydes is 1. The molecule has 0 spiro atoms. The molecular formula is C16H20N2OS. The maximum absolute atomic E-state index is 11.1. The van der Waals surface area contributed by atoms with Crippen LogP contribution in [0.3, 0.4) is 0 Å². The minimum absolute atomic E-state index is 0.750. The minimum Gasteiger partial charge on any atom is -0.318 e. The first-order valence-corrected chi connectivity index (χ1v) is 7.89. The van der Waals surface area contributed by atoms with E-state index in [0.717, 1.165) is 53.5 Å². The fourth-order valence-corrected chi connectivity index (χ4v) is 3.09. The monoisotopic (exact) mass is 288 g/mol. The summed E-state index contributed by atoms with van der Waals surface area (Å²) in [7, 11) is 0. The zero-order chi connectivity index (χ0) is 14.4. The third kappa shape index (κ3) is 3.25. The van der Waals surface area contributed by atoms with Crippen LogP contribution in [0.5, 0.6) is 0 Å². The van der Waals surface area contributed by atoms with Crippen LogP contribution in [-0.4, -0.2) is 17.8 Å². The number of aryl methyl sites for hydroxylation is 1. The first-order valence-electron chi connectivity index (χ1n) is 7.07. The summed E-state index contributed by atoms with van der Waals surface area (Å²) in [6, 6.07) is 10.2. The fraction of sp³-hybridized carbons (Fsp3) is 0.375. The van der Waals surface area contributed by atoms with Gasteiger partial charge in [0.1, 0.15) is 0 Å². The van der Waals surface area contributed by atoms with Crippen LogP contribution in [0.2, 0.25) is 0 Å². The molecule has 0 saturated carbocycles. The second-order valence-electron chi connectivity index (χ2n) is 4.62.